The first-order valence-corrected chi connectivity index (χ1v) is 13.7. The minimum Gasteiger partial charge on any atom is -0.483 e. The molecule has 1 unspecified atom stereocenters. The molecule has 0 spiro atoms. The number of rotatable bonds is 10. The largest absolute Gasteiger partial charge is 0.483 e. The van der Waals surface area contributed by atoms with Crippen molar-refractivity contribution in [3.63, 3.8) is 0 Å². The summed E-state index contributed by atoms with van der Waals surface area (Å²) in [4.78, 5) is 24.0. The van der Waals surface area contributed by atoms with E-state index in [4.69, 9.17) is 19.9 Å². The molecule has 1 atom stereocenters. The summed E-state index contributed by atoms with van der Waals surface area (Å²) in [7, 11) is 0.147. The maximum Gasteiger partial charge on any atom is 0.411 e. The SMILES string of the molecule is CNC(=O)c1c(OC(C)c2ccccc2F)cc(OC(N)=O)n1COCC[Si](C)(C)C. The number of nitrogens with zero attached hydrogens (tertiary/aromatic N) is 1. The number of benzene rings is 1. The smallest absolute Gasteiger partial charge is 0.411 e. The van der Waals surface area contributed by atoms with Gasteiger partial charge in [-0.15, -0.1) is 0 Å². The standard InChI is InChI=1S/C21H30FN3O5Si/c1-14(15-8-6-7-9-16(15)22)29-17-12-18(30-21(23)27)25(19(17)20(26)24-2)13-28-10-11-31(3,4)5/h6-9,12,14H,10-11,13H2,1-5H3,(H2,23,27)(H,24,26). The van der Waals surface area contributed by atoms with Crippen LogP contribution in [0.15, 0.2) is 30.3 Å². The molecule has 1 aromatic carbocycles. The summed E-state index contributed by atoms with van der Waals surface area (Å²) in [6.45, 7) is 8.76. The Morgan fingerprint density at radius 1 is 1.26 bits per heavy atom. The van der Waals surface area contributed by atoms with E-state index < -0.39 is 32.0 Å². The minimum atomic E-state index is -1.32. The number of primary amides is 1. The van der Waals surface area contributed by atoms with Crippen LogP contribution in [0.1, 0.15) is 29.1 Å². The number of nitrogens with two attached hydrogens (primary N) is 1. The molecule has 31 heavy (non-hydrogen) atoms. The quantitative estimate of drug-likeness (QED) is 0.421. The molecule has 10 heteroatoms. The third kappa shape index (κ3) is 6.83. The number of carbonyl (C=O) groups excluding carboxylic acids is 2. The van der Waals surface area contributed by atoms with E-state index in [-0.39, 0.29) is 24.1 Å². The van der Waals surface area contributed by atoms with Gasteiger partial charge in [-0.1, -0.05) is 37.8 Å². The first-order chi connectivity index (χ1) is 14.5. The highest BCUT2D eigenvalue weighted by molar-refractivity contribution is 6.76. The van der Waals surface area contributed by atoms with Crippen LogP contribution in [-0.2, 0) is 11.5 Å². The number of halogens is 1. The van der Waals surface area contributed by atoms with Gasteiger partial charge in [0.05, 0.1) is 0 Å². The van der Waals surface area contributed by atoms with Crippen molar-refractivity contribution >= 4 is 20.1 Å². The van der Waals surface area contributed by atoms with E-state index in [2.05, 4.69) is 25.0 Å². The summed E-state index contributed by atoms with van der Waals surface area (Å²) >= 11 is 0. The number of ether oxygens (including phenoxy) is 3. The van der Waals surface area contributed by atoms with Gasteiger partial charge in [0.25, 0.3) is 5.91 Å². The van der Waals surface area contributed by atoms with Gasteiger partial charge in [-0.2, -0.15) is 0 Å². The normalized spacial score (nSPS) is 12.3. The van der Waals surface area contributed by atoms with E-state index in [1.165, 1.54) is 23.7 Å². The number of carbonyl (C=O) groups is 2. The second-order valence-corrected chi connectivity index (χ2v) is 13.9. The van der Waals surface area contributed by atoms with Crippen LogP contribution < -0.4 is 20.5 Å². The molecule has 1 heterocycles. The number of hydrogen-bond acceptors (Lipinski definition) is 5. The molecule has 0 fully saturated rings. The minimum absolute atomic E-state index is 0.00478. The van der Waals surface area contributed by atoms with Gasteiger partial charge >= 0.3 is 6.09 Å². The molecule has 3 N–H and O–H groups in total. The Kier molecular flexibility index (Phi) is 8.23. The van der Waals surface area contributed by atoms with Crippen LogP contribution >= 0.6 is 0 Å². The van der Waals surface area contributed by atoms with Gasteiger partial charge in [0.1, 0.15) is 18.7 Å². The topological polar surface area (TPSA) is 105 Å². The molecule has 2 aromatic rings. The van der Waals surface area contributed by atoms with Crippen LogP contribution in [0.3, 0.4) is 0 Å². The number of nitrogens with one attached hydrogen (secondary N) is 1. The van der Waals surface area contributed by atoms with Gasteiger partial charge in [-0.05, 0) is 19.0 Å². The van der Waals surface area contributed by atoms with Gasteiger partial charge in [0.2, 0.25) is 5.88 Å². The molecular formula is C21H30FN3O5Si. The molecule has 2 rings (SSSR count). The molecule has 1 aromatic heterocycles. The molecule has 0 aliphatic heterocycles. The third-order valence-corrected chi connectivity index (χ3v) is 6.24. The molecule has 170 valence electrons. The van der Waals surface area contributed by atoms with Crippen molar-refractivity contribution in [3.05, 3.63) is 47.4 Å². The molecular weight excluding hydrogens is 421 g/mol. The molecule has 0 aliphatic rings. The summed E-state index contributed by atoms with van der Waals surface area (Å²) < 4.78 is 32.2. The van der Waals surface area contributed by atoms with E-state index in [0.29, 0.717) is 12.2 Å². The Hall–Kier alpha value is -2.85. The Morgan fingerprint density at radius 3 is 2.52 bits per heavy atom. The van der Waals surface area contributed by atoms with Crippen LogP contribution in [-0.4, -0.2) is 38.3 Å². The molecule has 0 bridgehead atoms. The summed E-state index contributed by atoms with van der Waals surface area (Å²) in [6, 6.07) is 8.48. The fourth-order valence-electron chi connectivity index (χ4n) is 2.85. The summed E-state index contributed by atoms with van der Waals surface area (Å²) in [6.07, 6.45) is -1.76. The van der Waals surface area contributed by atoms with Gasteiger partial charge in [0, 0.05) is 33.4 Å². The van der Waals surface area contributed by atoms with E-state index in [0.717, 1.165) is 6.04 Å². The first kappa shape index (κ1) is 24.4. The Labute approximate surface area is 182 Å². The van der Waals surface area contributed by atoms with Crippen LogP contribution in [0.5, 0.6) is 11.6 Å². The maximum absolute atomic E-state index is 14.2. The highest BCUT2D eigenvalue weighted by Crippen LogP contribution is 2.33. The Morgan fingerprint density at radius 2 is 1.94 bits per heavy atom. The lowest BCUT2D eigenvalue weighted by atomic mass is 10.1. The zero-order chi connectivity index (χ0) is 23.2. The van der Waals surface area contributed by atoms with Crippen LogP contribution in [0.4, 0.5) is 9.18 Å². The van der Waals surface area contributed by atoms with Crippen molar-refractivity contribution in [1.82, 2.24) is 9.88 Å². The average Bonchev–Trinajstić information content (AvgIpc) is 3.00. The zero-order valence-electron chi connectivity index (χ0n) is 18.5. The predicted octanol–water partition coefficient (Wildman–Crippen LogP) is 3.90. The molecule has 8 nitrogen and oxygen atoms in total. The molecule has 0 saturated carbocycles. The monoisotopic (exact) mass is 451 g/mol. The fourth-order valence-corrected chi connectivity index (χ4v) is 3.61. The average molecular weight is 452 g/mol. The highest BCUT2D eigenvalue weighted by atomic mass is 28.3. The van der Waals surface area contributed by atoms with Crippen molar-refractivity contribution in [3.8, 4) is 11.6 Å². The number of aromatic nitrogens is 1. The highest BCUT2D eigenvalue weighted by Gasteiger charge is 2.26. The second kappa shape index (κ2) is 10.4. The van der Waals surface area contributed by atoms with Crippen LogP contribution in [0.2, 0.25) is 25.7 Å². The van der Waals surface area contributed by atoms with E-state index in [1.54, 1.807) is 25.1 Å². The first-order valence-electron chi connectivity index (χ1n) is 9.95. The lowest BCUT2D eigenvalue weighted by Gasteiger charge is -2.18. The molecule has 2 amide bonds. The summed E-state index contributed by atoms with van der Waals surface area (Å²) in [5, 5.41) is 2.53. The van der Waals surface area contributed by atoms with Crippen molar-refractivity contribution in [2.45, 2.75) is 45.4 Å². The maximum atomic E-state index is 14.2. The van der Waals surface area contributed by atoms with Crippen molar-refractivity contribution in [1.29, 1.82) is 0 Å². The second-order valence-electron chi connectivity index (χ2n) is 8.25. The molecule has 0 saturated heterocycles. The van der Waals surface area contributed by atoms with Gasteiger partial charge < -0.3 is 25.3 Å². The summed E-state index contributed by atoms with van der Waals surface area (Å²) in [5.41, 5.74) is 5.58. The van der Waals surface area contributed by atoms with Crippen LogP contribution in [0.25, 0.3) is 0 Å². The third-order valence-electron chi connectivity index (χ3n) is 4.53. The Balaban J connectivity index is 2.37. The van der Waals surface area contributed by atoms with E-state index in [1.807, 2.05) is 0 Å². The summed E-state index contributed by atoms with van der Waals surface area (Å²) in [5.74, 6) is -0.807. The van der Waals surface area contributed by atoms with Crippen molar-refractivity contribution < 1.29 is 28.2 Å². The van der Waals surface area contributed by atoms with Gasteiger partial charge in [0.15, 0.2) is 11.4 Å². The fraction of sp³-hybridized carbons (Fsp3) is 0.429. The van der Waals surface area contributed by atoms with Gasteiger partial charge in [-0.25, -0.2) is 9.18 Å². The zero-order valence-corrected chi connectivity index (χ0v) is 19.5. The molecule has 0 aliphatic carbocycles. The number of hydrogen-bond donors (Lipinski definition) is 2. The predicted molar refractivity (Wildman–Crippen MR) is 118 cm³/mol. The lowest BCUT2D eigenvalue weighted by molar-refractivity contribution is 0.0745. The van der Waals surface area contributed by atoms with Crippen molar-refractivity contribution in [2.75, 3.05) is 13.7 Å². The Bertz CT molecular complexity index is 926. The molecule has 0 radical (unpaired) electrons. The van der Waals surface area contributed by atoms with Gasteiger partial charge in [-0.3, -0.25) is 9.36 Å². The lowest BCUT2D eigenvalue weighted by Crippen LogP contribution is -2.26. The van der Waals surface area contributed by atoms with Crippen LogP contribution in [0, 0.1) is 5.82 Å². The number of amides is 2. The van der Waals surface area contributed by atoms with E-state index in [9.17, 15) is 14.0 Å². The van der Waals surface area contributed by atoms with Crippen molar-refractivity contribution in [2.24, 2.45) is 5.73 Å². The van der Waals surface area contributed by atoms with E-state index >= 15 is 0 Å².